The number of hydrogen-bond acceptors (Lipinski definition) is 2. The van der Waals surface area contributed by atoms with E-state index in [0.29, 0.717) is 0 Å². The highest BCUT2D eigenvalue weighted by molar-refractivity contribution is 7.99. The first-order valence-electron chi connectivity index (χ1n) is 6.09. The van der Waals surface area contributed by atoms with Gasteiger partial charge in [-0.3, -0.25) is 4.79 Å². The van der Waals surface area contributed by atoms with Gasteiger partial charge >= 0.3 is 0 Å². The lowest BCUT2D eigenvalue weighted by Crippen LogP contribution is -2.13. The first-order chi connectivity index (χ1) is 8.31. The Labute approximate surface area is 104 Å². The molecule has 0 spiro atoms. The fourth-order valence-electron chi connectivity index (χ4n) is 2.45. The van der Waals surface area contributed by atoms with Gasteiger partial charge in [0.2, 0.25) is 0 Å². The monoisotopic (exact) mass is 248 g/mol. The minimum absolute atomic E-state index is 0.0617. The summed E-state index contributed by atoms with van der Waals surface area (Å²) in [6.45, 7) is 0. The average molecular weight is 248 g/mol. The minimum Gasteiger partial charge on any atom is -0.343 e. The van der Waals surface area contributed by atoms with E-state index in [1.54, 1.807) is 12.1 Å². The molecule has 0 amide bonds. The Hall–Kier alpha value is -1.16. The van der Waals surface area contributed by atoms with Crippen LogP contribution in [0.25, 0.3) is 5.65 Å². The number of aromatic amines is 1. The molecule has 2 aromatic heterocycles. The van der Waals surface area contributed by atoms with Crippen LogP contribution in [0.5, 0.6) is 0 Å². The predicted octanol–water partition coefficient (Wildman–Crippen LogP) is 2.31. The van der Waals surface area contributed by atoms with E-state index in [-0.39, 0.29) is 5.43 Å². The second-order valence-corrected chi connectivity index (χ2v) is 5.87. The first-order valence-corrected chi connectivity index (χ1v) is 7.24. The number of hydrogen-bond donors (Lipinski definition) is 1. The van der Waals surface area contributed by atoms with Gasteiger partial charge in [-0.05, 0) is 36.7 Å². The number of nitrogens with zero attached hydrogens (tertiary/aromatic N) is 1. The second kappa shape index (κ2) is 4.61. The van der Waals surface area contributed by atoms with E-state index in [9.17, 15) is 4.79 Å². The number of nitrogens with one attached hydrogen (secondary N) is 1. The SMILES string of the molecule is O=c1ccn2cc(CC3CCCSC3)[nH]c2c1. The molecule has 3 rings (SSSR count). The average Bonchev–Trinajstić information content (AvgIpc) is 2.71. The Morgan fingerprint density at radius 2 is 2.47 bits per heavy atom. The fourth-order valence-corrected chi connectivity index (χ4v) is 3.61. The molecule has 1 unspecified atom stereocenters. The van der Waals surface area contributed by atoms with Gasteiger partial charge in [0.05, 0.1) is 0 Å². The zero-order chi connectivity index (χ0) is 11.7. The van der Waals surface area contributed by atoms with Gasteiger partial charge in [-0.2, -0.15) is 11.8 Å². The van der Waals surface area contributed by atoms with Crippen LogP contribution in [0.3, 0.4) is 0 Å². The fraction of sp³-hybridized carbons (Fsp3) is 0.462. The molecular formula is C13H16N2OS. The van der Waals surface area contributed by atoms with Crippen molar-refractivity contribution >= 4 is 17.4 Å². The van der Waals surface area contributed by atoms with E-state index in [1.807, 2.05) is 10.6 Å². The molecule has 3 nitrogen and oxygen atoms in total. The molecule has 17 heavy (non-hydrogen) atoms. The molecule has 1 aliphatic rings. The highest BCUT2D eigenvalue weighted by Gasteiger charge is 2.15. The van der Waals surface area contributed by atoms with Crippen LogP contribution in [0, 0.1) is 5.92 Å². The van der Waals surface area contributed by atoms with E-state index in [4.69, 9.17) is 0 Å². The first kappa shape index (κ1) is 11.0. The van der Waals surface area contributed by atoms with Gasteiger partial charge in [0.1, 0.15) is 5.65 Å². The van der Waals surface area contributed by atoms with Gasteiger partial charge in [-0.15, -0.1) is 0 Å². The molecule has 0 aromatic carbocycles. The van der Waals surface area contributed by atoms with Crippen LogP contribution < -0.4 is 5.43 Å². The normalized spacial score (nSPS) is 20.8. The number of imidazole rings is 1. The summed E-state index contributed by atoms with van der Waals surface area (Å²) in [7, 11) is 0. The third-order valence-corrected chi connectivity index (χ3v) is 4.59. The van der Waals surface area contributed by atoms with Gasteiger partial charge in [-0.1, -0.05) is 0 Å². The summed E-state index contributed by atoms with van der Waals surface area (Å²) in [6, 6.07) is 3.25. The van der Waals surface area contributed by atoms with Crippen LogP contribution in [-0.2, 0) is 6.42 Å². The maximum atomic E-state index is 11.2. The van der Waals surface area contributed by atoms with Crippen LogP contribution in [0.15, 0.2) is 29.3 Å². The Kier molecular flexibility index (Phi) is 2.97. The molecule has 2 aromatic rings. The molecule has 0 bridgehead atoms. The molecule has 0 radical (unpaired) electrons. The van der Waals surface area contributed by atoms with E-state index < -0.39 is 0 Å². The Bertz CT molecular complexity index is 566. The predicted molar refractivity (Wildman–Crippen MR) is 71.8 cm³/mol. The molecule has 1 saturated heterocycles. The molecule has 3 heterocycles. The number of aromatic nitrogens is 2. The summed E-state index contributed by atoms with van der Waals surface area (Å²) in [5.74, 6) is 3.37. The standard InChI is InChI=1S/C13H16N2OS/c16-12-3-4-15-8-11(14-13(15)7-12)6-10-2-1-5-17-9-10/h3-4,7-8,10,14H,1-2,5-6,9H2. The van der Waals surface area contributed by atoms with Crippen molar-refractivity contribution in [3.05, 3.63) is 40.4 Å². The van der Waals surface area contributed by atoms with Gasteiger partial charge in [0, 0.05) is 30.2 Å². The summed E-state index contributed by atoms with van der Waals surface area (Å²) in [6.07, 6.45) is 7.71. The van der Waals surface area contributed by atoms with Crippen LogP contribution in [0.1, 0.15) is 18.5 Å². The summed E-state index contributed by atoms with van der Waals surface area (Å²) >= 11 is 2.06. The van der Waals surface area contributed by atoms with Crippen molar-refractivity contribution in [2.75, 3.05) is 11.5 Å². The zero-order valence-corrected chi connectivity index (χ0v) is 10.5. The maximum absolute atomic E-state index is 11.2. The number of fused-ring (bicyclic) bond motifs is 1. The zero-order valence-electron chi connectivity index (χ0n) is 9.69. The molecule has 0 saturated carbocycles. The number of pyridine rings is 1. The minimum atomic E-state index is 0.0617. The molecule has 1 N–H and O–H groups in total. The van der Waals surface area contributed by atoms with E-state index >= 15 is 0 Å². The lowest BCUT2D eigenvalue weighted by molar-refractivity contribution is 0.516. The quantitative estimate of drug-likeness (QED) is 0.885. The third-order valence-electron chi connectivity index (χ3n) is 3.30. The number of rotatable bonds is 2. The summed E-state index contributed by atoms with van der Waals surface area (Å²) < 4.78 is 1.99. The number of thioether (sulfide) groups is 1. The molecule has 1 aliphatic heterocycles. The molecule has 1 fully saturated rings. The van der Waals surface area contributed by atoms with E-state index in [0.717, 1.165) is 18.0 Å². The van der Waals surface area contributed by atoms with Crippen LogP contribution in [0.2, 0.25) is 0 Å². The molecule has 4 heteroatoms. The van der Waals surface area contributed by atoms with Gasteiger partial charge in [-0.25, -0.2) is 0 Å². The van der Waals surface area contributed by atoms with Gasteiger partial charge < -0.3 is 9.38 Å². The largest absolute Gasteiger partial charge is 0.343 e. The number of H-pyrrole nitrogens is 1. The third kappa shape index (κ3) is 2.41. The topological polar surface area (TPSA) is 37.3 Å². The molecule has 1 atom stereocenters. The smallest absolute Gasteiger partial charge is 0.183 e. The van der Waals surface area contributed by atoms with E-state index in [1.165, 1.54) is 30.0 Å². The van der Waals surface area contributed by atoms with Crippen LogP contribution >= 0.6 is 11.8 Å². The highest BCUT2D eigenvalue weighted by Crippen LogP contribution is 2.25. The summed E-state index contributed by atoms with van der Waals surface area (Å²) in [4.78, 5) is 14.6. The molecule has 90 valence electrons. The summed E-state index contributed by atoms with van der Waals surface area (Å²) in [5, 5.41) is 0. The van der Waals surface area contributed by atoms with Crippen molar-refractivity contribution in [1.82, 2.24) is 9.38 Å². The lowest BCUT2D eigenvalue weighted by atomic mass is 10.00. The van der Waals surface area contributed by atoms with Crippen molar-refractivity contribution in [3.63, 3.8) is 0 Å². The Morgan fingerprint density at radius 3 is 3.29 bits per heavy atom. The van der Waals surface area contributed by atoms with Gasteiger partial charge in [0.25, 0.3) is 0 Å². The highest BCUT2D eigenvalue weighted by atomic mass is 32.2. The van der Waals surface area contributed by atoms with Crippen molar-refractivity contribution in [2.24, 2.45) is 5.92 Å². The molecule has 0 aliphatic carbocycles. The van der Waals surface area contributed by atoms with Crippen molar-refractivity contribution in [2.45, 2.75) is 19.3 Å². The van der Waals surface area contributed by atoms with Gasteiger partial charge in [0.15, 0.2) is 5.43 Å². The molecular weight excluding hydrogens is 232 g/mol. The summed E-state index contributed by atoms with van der Waals surface area (Å²) in [5.41, 5.74) is 2.20. The Balaban J connectivity index is 1.82. The second-order valence-electron chi connectivity index (χ2n) is 4.72. The van der Waals surface area contributed by atoms with Crippen molar-refractivity contribution < 1.29 is 0 Å². The van der Waals surface area contributed by atoms with Crippen LogP contribution in [0.4, 0.5) is 0 Å². The maximum Gasteiger partial charge on any atom is 0.183 e. The lowest BCUT2D eigenvalue weighted by Gasteiger charge is -2.20. The van der Waals surface area contributed by atoms with Crippen molar-refractivity contribution in [3.8, 4) is 0 Å². The Morgan fingerprint density at radius 1 is 1.53 bits per heavy atom. The van der Waals surface area contributed by atoms with Crippen molar-refractivity contribution in [1.29, 1.82) is 0 Å². The van der Waals surface area contributed by atoms with E-state index in [2.05, 4.69) is 22.9 Å². The van der Waals surface area contributed by atoms with Crippen LogP contribution in [-0.4, -0.2) is 20.9 Å².